The summed E-state index contributed by atoms with van der Waals surface area (Å²) >= 11 is 0. The Morgan fingerprint density at radius 1 is 1.24 bits per heavy atom. The predicted molar refractivity (Wildman–Crippen MR) is 124 cm³/mol. The Morgan fingerprint density at radius 3 is 2.70 bits per heavy atom. The topological polar surface area (TPSA) is 103 Å². The fraction of sp³-hybridized carbons (Fsp3) is 0.458. The van der Waals surface area contributed by atoms with E-state index in [-0.39, 0.29) is 11.6 Å². The van der Waals surface area contributed by atoms with Gasteiger partial charge in [-0.05, 0) is 44.4 Å². The zero-order valence-electron chi connectivity index (χ0n) is 19.3. The van der Waals surface area contributed by atoms with Crippen LogP contribution in [0.5, 0.6) is 0 Å². The van der Waals surface area contributed by atoms with Gasteiger partial charge in [-0.1, -0.05) is 6.92 Å². The van der Waals surface area contributed by atoms with E-state index in [1.807, 2.05) is 19.2 Å². The van der Waals surface area contributed by atoms with E-state index in [0.29, 0.717) is 18.9 Å². The molecule has 174 valence electrons. The first-order valence-corrected chi connectivity index (χ1v) is 11.6. The van der Waals surface area contributed by atoms with Gasteiger partial charge in [0.25, 0.3) is 5.56 Å². The van der Waals surface area contributed by atoms with E-state index < -0.39 is 0 Å². The Hall–Kier alpha value is -3.17. The third-order valence-electron chi connectivity index (χ3n) is 6.17. The van der Waals surface area contributed by atoms with Gasteiger partial charge in [-0.25, -0.2) is 15.0 Å². The third kappa shape index (κ3) is 5.26. The van der Waals surface area contributed by atoms with Crippen LogP contribution in [0, 0.1) is 5.21 Å². The van der Waals surface area contributed by atoms with Crippen molar-refractivity contribution in [3.63, 3.8) is 0 Å². The lowest BCUT2D eigenvalue weighted by Crippen LogP contribution is -2.39. The van der Waals surface area contributed by atoms with Crippen molar-refractivity contribution in [1.82, 2.24) is 29.7 Å². The summed E-state index contributed by atoms with van der Waals surface area (Å²) in [5.41, 5.74) is 2.82. The van der Waals surface area contributed by atoms with Crippen LogP contribution in [0.4, 0.5) is 0 Å². The van der Waals surface area contributed by atoms with E-state index in [2.05, 4.69) is 27.1 Å². The first-order valence-electron chi connectivity index (χ1n) is 11.6. The number of likely N-dealkylation sites (N-methyl/N-ethyl adjacent to an activating group) is 1. The number of nitrogens with zero attached hydrogens (tertiary/aromatic N) is 6. The molecule has 0 saturated carbocycles. The summed E-state index contributed by atoms with van der Waals surface area (Å²) in [4.78, 5) is 29.6. The highest BCUT2D eigenvalue weighted by Gasteiger charge is 2.28. The summed E-state index contributed by atoms with van der Waals surface area (Å²) in [6.45, 7) is 4.64. The number of aromatic nitrogens is 5. The second kappa shape index (κ2) is 10.6. The minimum absolute atomic E-state index is 0.0269. The van der Waals surface area contributed by atoms with Crippen molar-refractivity contribution in [3.05, 3.63) is 87.0 Å². The molecule has 1 aliphatic carbocycles. The molecule has 3 heterocycles. The lowest BCUT2D eigenvalue weighted by molar-refractivity contribution is -0.605. The molecule has 3 aromatic heterocycles. The zero-order chi connectivity index (χ0) is 23.2. The lowest BCUT2D eigenvalue weighted by Gasteiger charge is -2.32. The number of fused-ring (bicyclic) bond motifs is 1. The van der Waals surface area contributed by atoms with E-state index in [9.17, 15) is 10.0 Å². The molecule has 9 heteroatoms. The molecule has 0 fully saturated rings. The molecule has 1 unspecified atom stereocenters. The number of pyridine rings is 1. The molecule has 3 aromatic rings. The Morgan fingerprint density at radius 2 is 2.00 bits per heavy atom. The largest absolute Gasteiger partial charge is 0.619 e. The second-order valence-corrected chi connectivity index (χ2v) is 8.37. The molecule has 1 aliphatic rings. The van der Waals surface area contributed by atoms with Gasteiger partial charge in [-0.15, -0.1) is 0 Å². The minimum atomic E-state index is -0.0692. The number of rotatable bonds is 10. The van der Waals surface area contributed by atoms with E-state index in [0.717, 1.165) is 66.1 Å². The van der Waals surface area contributed by atoms with Gasteiger partial charge >= 0.3 is 0 Å². The highest BCUT2D eigenvalue weighted by Crippen LogP contribution is 2.27. The molecule has 0 aromatic carbocycles. The molecular weight excluding hydrogens is 418 g/mol. The maximum Gasteiger partial charge on any atom is 0.257 e. The zero-order valence-corrected chi connectivity index (χ0v) is 19.3. The van der Waals surface area contributed by atoms with Crippen molar-refractivity contribution in [2.75, 3.05) is 20.1 Å². The van der Waals surface area contributed by atoms with Gasteiger partial charge in [0.05, 0.1) is 18.3 Å². The first-order chi connectivity index (χ1) is 16.1. The summed E-state index contributed by atoms with van der Waals surface area (Å²) in [5, 5.41) is 14.7. The number of hydrogen-bond acceptors (Lipinski definition) is 7. The van der Waals surface area contributed by atoms with Crippen molar-refractivity contribution in [1.29, 1.82) is 0 Å². The normalized spacial score (nSPS) is 13.9. The van der Waals surface area contributed by atoms with E-state index in [1.165, 1.54) is 12.4 Å². The second-order valence-electron chi connectivity index (χ2n) is 8.37. The minimum Gasteiger partial charge on any atom is -0.619 e. The molecule has 0 bridgehead atoms. The molecule has 1 N–H and O–H groups in total. The Balaban J connectivity index is 1.76. The van der Waals surface area contributed by atoms with Crippen LogP contribution >= 0.6 is 0 Å². The molecule has 0 spiro atoms. The van der Waals surface area contributed by atoms with Gasteiger partial charge in [-0.3, -0.25) is 14.3 Å². The molecule has 0 saturated heterocycles. The number of hydrogen-bond donors (Lipinski definition) is 1. The number of nitrogens with one attached hydrogen (secondary N) is 1. The van der Waals surface area contributed by atoms with Gasteiger partial charge < -0.3 is 10.5 Å². The van der Waals surface area contributed by atoms with Crippen molar-refractivity contribution < 1.29 is 4.73 Å². The van der Waals surface area contributed by atoms with Crippen LogP contribution in [0.15, 0.2) is 47.8 Å². The van der Waals surface area contributed by atoms with Crippen LogP contribution < -0.4 is 15.6 Å². The van der Waals surface area contributed by atoms with Crippen molar-refractivity contribution in [2.45, 2.75) is 51.7 Å². The highest BCUT2D eigenvalue weighted by molar-refractivity contribution is 5.25. The van der Waals surface area contributed by atoms with E-state index in [4.69, 9.17) is 4.98 Å². The lowest BCUT2D eigenvalue weighted by atomic mass is 10.1. The van der Waals surface area contributed by atoms with Crippen LogP contribution in [-0.2, 0) is 25.9 Å². The molecular formula is C24H31N7O2. The van der Waals surface area contributed by atoms with Gasteiger partial charge in [0.15, 0.2) is 12.4 Å². The van der Waals surface area contributed by atoms with Gasteiger partial charge in [0.1, 0.15) is 11.6 Å². The number of aryl methyl sites for hydroxylation is 1. The van der Waals surface area contributed by atoms with Crippen molar-refractivity contribution >= 4 is 0 Å². The summed E-state index contributed by atoms with van der Waals surface area (Å²) < 4.78 is 2.56. The van der Waals surface area contributed by atoms with Crippen LogP contribution in [-0.4, -0.2) is 44.6 Å². The standard InChI is InChI=1S/C24H31N7O2/c1-3-21(29(15-12-25-2)16-18-8-13-30(33)14-9-18)23-28-20-7-4-6-19(20)24(32)31(23)17-22-26-10-5-11-27-22/h5,8-11,13-14,21,25H,3-4,6-7,12,15-17H2,1-2H3. The summed E-state index contributed by atoms with van der Waals surface area (Å²) in [5.74, 6) is 1.36. The fourth-order valence-electron chi connectivity index (χ4n) is 4.50. The van der Waals surface area contributed by atoms with Crippen LogP contribution in [0.3, 0.4) is 0 Å². The van der Waals surface area contributed by atoms with Crippen LogP contribution in [0.2, 0.25) is 0 Å². The molecule has 1 atom stereocenters. The SMILES string of the molecule is CCC(c1nc2c(c(=O)n1Cc1ncccn1)CCC2)N(CCNC)Cc1cc[n+]([O-])cc1. The smallest absolute Gasteiger partial charge is 0.257 e. The maximum atomic E-state index is 13.5. The van der Waals surface area contributed by atoms with Crippen molar-refractivity contribution in [3.8, 4) is 0 Å². The average Bonchev–Trinajstić information content (AvgIpc) is 3.31. The summed E-state index contributed by atoms with van der Waals surface area (Å²) in [7, 11) is 1.93. The average molecular weight is 450 g/mol. The van der Waals surface area contributed by atoms with Crippen LogP contribution in [0.25, 0.3) is 0 Å². The quantitative estimate of drug-likeness (QED) is 0.368. The fourth-order valence-corrected chi connectivity index (χ4v) is 4.50. The van der Waals surface area contributed by atoms with Gasteiger partial charge in [0.2, 0.25) is 0 Å². The Bertz CT molecular complexity index is 1120. The molecule has 0 aliphatic heterocycles. The van der Waals surface area contributed by atoms with Crippen molar-refractivity contribution in [2.24, 2.45) is 0 Å². The Labute approximate surface area is 193 Å². The van der Waals surface area contributed by atoms with Gasteiger partial charge in [-0.2, -0.15) is 4.73 Å². The monoisotopic (exact) mass is 449 g/mol. The molecule has 9 nitrogen and oxygen atoms in total. The molecule has 33 heavy (non-hydrogen) atoms. The molecule has 4 rings (SSSR count). The van der Waals surface area contributed by atoms with E-state index in [1.54, 1.807) is 23.0 Å². The molecule has 0 amide bonds. The van der Waals surface area contributed by atoms with Gasteiger partial charge in [0, 0.05) is 49.7 Å². The first kappa shape index (κ1) is 23.0. The third-order valence-corrected chi connectivity index (χ3v) is 6.17. The van der Waals surface area contributed by atoms with E-state index >= 15 is 0 Å². The maximum absolute atomic E-state index is 13.5. The predicted octanol–water partition coefficient (Wildman–Crippen LogP) is 1.38. The van der Waals surface area contributed by atoms with Crippen LogP contribution in [0.1, 0.15) is 54.3 Å². The summed E-state index contributed by atoms with van der Waals surface area (Å²) in [6, 6.07) is 5.38. The Kier molecular flexibility index (Phi) is 7.41. The summed E-state index contributed by atoms with van der Waals surface area (Å²) in [6.07, 6.45) is 9.79. The highest BCUT2D eigenvalue weighted by atomic mass is 16.5. The molecule has 0 radical (unpaired) electrons.